The van der Waals surface area contributed by atoms with Gasteiger partial charge in [0.1, 0.15) is 12.4 Å². The summed E-state index contributed by atoms with van der Waals surface area (Å²) in [5, 5.41) is 0. The largest absolute Gasteiger partial charge is 0.489 e. The number of rotatable bonds is 6. The fraction of sp³-hybridized carbons (Fsp3) is 0.161. The highest BCUT2D eigenvalue weighted by Gasteiger charge is 2.38. The number of amides is 2. The van der Waals surface area contributed by atoms with E-state index in [4.69, 9.17) is 4.74 Å². The van der Waals surface area contributed by atoms with Crippen molar-refractivity contribution in [3.63, 3.8) is 0 Å². The number of ether oxygens (including phenoxy) is 1. The van der Waals surface area contributed by atoms with Crippen LogP contribution in [0.15, 0.2) is 91.0 Å². The Balaban J connectivity index is 1.39. The Hall–Kier alpha value is -4.18. The van der Waals surface area contributed by atoms with Gasteiger partial charge in [-0.2, -0.15) is 0 Å². The lowest BCUT2D eigenvalue weighted by atomic mass is 9.99. The van der Waals surface area contributed by atoms with E-state index in [0.717, 1.165) is 22.3 Å². The zero-order valence-corrected chi connectivity index (χ0v) is 20.1. The van der Waals surface area contributed by atoms with Gasteiger partial charge in [-0.15, -0.1) is 0 Å². The summed E-state index contributed by atoms with van der Waals surface area (Å²) in [6.45, 7) is 6.66. The van der Waals surface area contributed by atoms with Gasteiger partial charge in [0.2, 0.25) is 0 Å². The number of hydrogen-bond donors (Lipinski definition) is 0. The minimum atomic E-state index is -0.329. The third-order valence-corrected chi connectivity index (χ3v) is 6.54. The van der Waals surface area contributed by atoms with Crippen molar-refractivity contribution in [3.8, 4) is 16.9 Å². The highest BCUT2D eigenvalue weighted by Crippen LogP contribution is 2.36. The van der Waals surface area contributed by atoms with Crippen LogP contribution in [-0.2, 0) is 6.61 Å². The summed E-state index contributed by atoms with van der Waals surface area (Å²) in [4.78, 5) is 27.9. The number of anilines is 1. The van der Waals surface area contributed by atoms with E-state index in [-0.39, 0.29) is 11.8 Å². The Kier molecular flexibility index (Phi) is 5.96. The number of benzene rings is 4. The number of hydrogen-bond acceptors (Lipinski definition) is 3. The molecule has 5 rings (SSSR count). The number of imide groups is 1. The predicted octanol–water partition coefficient (Wildman–Crippen LogP) is 7.17. The van der Waals surface area contributed by atoms with Crippen molar-refractivity contribution in [1.82, 2.24) is 0 Å². The molecule has 0 saturated heterocycles. The van der Waals surface area contributed by atoms with Crippen LogP contribution < -0.4 is 9.64 Å². The summed E-state index contributed by atoms with van der Waals surface area (Å²) in [5.41, 5.74) is 6.61. The number of nitrogens with zero attached hydrogens (tertiary/aromatic N) is 1. The van der Waals surface area contributed by atoms with Crippen LogP contribution in [0.5, 0.6) is 5.75 Å². The molecule has 4 aromatic carbocycles. The maximum absolute atomic E-state index is 13.4. The standard InChI is InChI=1S/C31H27NO3/c1-20(2)23-14-12-22(13-15-23)19-35-25-16-17-27-28(18-25)31(34)32(30(27)33)29-11-7-10-26(21(29)3)24-8-5-4-6-9-24/h4-18,20H,19H2,1-3H3. The van der Waals surface area contributed by atoms with E-state index >= 15 is 0 Å². The molecular formula is C31H27NO3. The van der Waals surface area contributed by atoms with E-state index in [2.05, 4.69) is 38.1 Å². The van der Waals surface area contributed by atoms with Gasteiger partial charge < -0.3 is 4.74 Å². The molecular weight excluding hydrogens is 434 g/mol. The van der Waals surface area contributed by atoms with Crippen LogP contribution in [0.3, 0.4) is 0 Å². The topological polar surface area (TPSA) is 46.6 Å². The first-order valence-corrected chi connectivity index (χ1v) is 11.8. The number of fused-ring (bicyclic) bond motifs is 1. The Morgan fingerprint density at radius 1 is 0.743 bits per heavy atom. The Bertz CT molecular complexity index is 1410. The smallest absolute Gasteiger partial charge is 0.266 e. The van der Waals surface area contributed by atoms with Crippen molar-refractivity contribution in [2.24, 2.45) is 0 Å². The molecule has 4 aromatic rings. The summed E-state index contributed by atoms with van der Waals surface area (Å²) in [7, 11) is 0. The zero-order valence-electron chi connectivity index (χ0n) is 20.1. The maximum Gasteiger partial charge on any atom is 0.266 e. The highest BCUT2D eigenvalue weighted by molar-refractivity contribution is 6.34. The van der Waals surface area contributed by atoms with Gasteiger partial charge >= 0.3 is 0 Å². The van der Waals surface area contributed by atoms with E-state index < -0.39 is 0 Å². The molecule has 0 unspecified atom stereocenters. The quantitative estimate of drug-likeness (QED) is 0.286. The van der Waals surface area contributed by atoms with Crippen molar-refractivity contribution >= 4 is 17.5 Å². The monoisotopic (exact) mass is 461 g/mol. The first kappa shape index (κ1) is 22.6. The third kappa shape index (κ3) is 4.24. The van der Waals surface area contributed by atoms with Crippen LogP contribution in [0, 0.1) is 6.92 Å². The Morgan fingerprint density at radius 2 is 1.46 bits per heavy atom. The molecule has 0 aliphatic carbocycles. The molecule has 0 spiro atoms. The lowest BCUT2D eigenvalue weighted by Crippen LogP contribution is -2.30. The molecule has 4 heteroatoms. The molecule has 4 nitrogen and oxygen atoms in total. The Morgan fingerprint density at radius 3 is 2.17 bits per heavy atom. The van der Waals surface area contributed by atoms with Crippen molar-refractivity contribution in [1.29, 1.82) is 0 Å². The summed E-state index contributed by atoms with van der Waals surface area (Å²) in [6, 6.07) is 29.1. The van der Waals surface area contributed by atoms with Gasteiger partial charge in [0, 0.05) is 0 Å². The van der Waals surface area contributed by atoms with E-state index in [1.807, 2.05) is 55.5 Å². The van der Waals surface area contributed by atoms with Crippen LogP contribution in [0.25, 0.3) is 11.1 Å². The molecule has 2 amide bonds. The summed E-state index contributed by atoms with van der Waals surface area (Å²) < 4.78 is 5.96. The average Bonchev–Trinajstić information content (AvgIpc) is 3.13. The van der Waals surface area contributed by atoms with E-state index in [0.29, 0.717) is 35.1 Å². The summed E-state index contributed by atoms with van der Waals surface area (Å²) in [6.07, 6.45) is 0. The summed E-state index contributed by atoms with van der Waals surface area (Å²) in [5.74, 6) is 0.402. The average molecular weight is 462 g/mol. The van der Waals surface area contributed by atoms with Crippen LogP contribution in [0.1, 0.15) is 57.2 Å². The maximum atomic E-state index is 13.4. The zero-order chi connectivity index (χ0) is 24.5. The second kappa shape index (κ2) is 9.22. The molecule has 0 N–H and O–H groups in total. The number of carbonyl (C=O) groups excluding carboxylic acids is 2. The van der Waals surface area contributed by atoms with Crippen molar-refractivity contribution < 1.29 is 14.3 Å². The lowest BCUT2D eigenvalue weighted by molar-refractivity contribution is 0.0926. The normalized spacial score (nSPS) is 12.9. The fourth-order valence-corrected chi connectivity index (χ4v) is 4.49. The van der Waals surface area contributed by atoms with Gasteiger partial charge in [-0.1, -0.05) is 80.6 Å². The van der Waals surface area contributed by atoms with Crippen molar-refractivity contribution in [2.45, 2.75) is 33.3 Å². The van der Waals surface area contributed by atoms with E-state index in [1.54, 1.807) is 18.2 Å². The molecule has 174 valence electrons. The molecule has 1 heterocycles. The minimum absolute atomic E-state index is 0.311. The van der Waals surface area contributed by atoms with Crippen LogP contribution in [0.4, 0.5) is 5.69 Å². The van der Waals surface area contributed by atoms with Crippen molar-refractivity contribution in [2.75, 3.05) is 4.90 Å². The van der Waals surface area contributed by atoms with Gasteiger partial charge in [-0.3, -0.25) is 9.59 Å². The van der Waals surface area contributed by atoms with E-state index in [1.165, 1.54) is 10.5 Å². The van der Waals surface area contributed by atoms with E-state index in [9.17, 15) is 9.59 Å². The van der Waals surface area contributed by atoms with Crippen LogP contribution >= 0.6 is 0 Å². The molecule has 0 radical (unpaired) electrons. The van der Waals surface area contributed by atoms with Gasteiger partial charge in [-0.25, -0.2) is 4.90 Å². The van der Waals surface area contributed by atoms with Crippen molar-refractivity contribution in [3.05, 3.63) is 119 Å². The SMILES string of the molecule is Cc1c(-c2ccccc2)cccc1N1C(=O)c2ccc(OCc3ccc(C(C)C)cc3)cc2C1=O. The summed E-state index contributed by atoms with van der Waals surface area (Å²) >= 11 is 0. The van der Waals surface area contributed by atoms with Gasteiger partial charge in [0.05, 0.1) is 16.8 Å². The van der Waals surface area contributed by atoms with Gasteiger partial charge in [0.25, 0.3) is 11.8 Å². The van der Waals surface area contributed by atoms with Crippen LogP contribution in [0.2, 0.25) is 0 Å². The highest BCUT2D eigenvalue weighted by atomic mass is 16.5. The van der Waals surface area contributed by atoms with Crippen LogP contribution in [-0.4, -0.2) is 11.8 Å². The van der Waals surface area contributed by atoms with Gasteiger partial charge in [0.15, 0.2) is 0 Å². The Labute approximate surface area is 205 Å². The predicted molar refractivity (Wildman–Crippen MR) is 139 cm³/mol. The second-order valence-corrected chi connectivity index (χ2v) is 9.15. The molecule has 0 saturated carbocycles. The molecule has 1 aliphatic rings. The minimum Gasteiger partial charge on any atom is -0.489 e. The van der Waals surface area contributed by atoms with Gasteiger partial charge in [-0.05, 0) is 64.9 Å². The third-order valence-electron chi connectivity index (χ3n) is 6.54. The molecule has 1 aliphatic heterocycles. The molecule has 35 heavy (non-hydrogen) atoms. The first-order chi connectivity index (χ1) is 16.9. The molecule has 0 aromatic heterocycles. The lowest BCUT2D eigenvalue weighted by Gasteiger charge is -2.19. The first-order valence-electron chi connectivity index (χ1n) is 11.8. The fourth-order valence-electron chi connectivity index (χ4n) is 4.49. The molecule has 0 bridgehead atoms. The second-order valence-electron chi connectivity index (χ2n) is 9.15. The number of carbonyl (C=O) groups is 2. The molecule has 0 atom stereocenters. The molecule has 0 fully saturated rings.